The van der Waals surface area contributed by atoms with Crippen LogP contribution < -0.4 is 10.2 Å². The molecule has 1 heterocycles. The van der Waals surface area contributed by atoms with E-state index in [0.717, 1.165) is 29.5 Å². The van der Waals surface area contributed by atoms with Crippen LogP contribution in [0, 0.1) is 23.7 Å². The van der Waals surface area contributed by atoms with Crippen LogP contribution in [0.3, 0.4) is 0 Å². The molecule has 1 aromatic rings. The highest BCUT2D eigenvalue weighted by molar-refractivity contribution is 5.48. The fraction of sp³-hybridized carbons (Fsp3) is 0.706. The second-order valence-electron chi connectivity index (χ2n) is 7.20. The molecule has 3 nitrogen and oxygen atoms in total. The van der Waals surface area contributed by atoms with Gasteiger partial charge in [-0.3, -0.25) is 0 Å². The minimum Gasteiger partial charge on any atom is -0.381 e. The Morgan fingerprint density at radius 3 is 2.70 bits per heavy atom. The molecule has 5 unspecified atom stereocenters. The number of nitrogens with zero attached hydrogens (tertiary/aromatic N) is 2. The molecule has 3 saturated carbocycles. The highest BCUT2D eigenvalue weighted by atomic mass is 15.1. The molecule has 0 spiro atoms. The minimum atomic E-state index is 0.700. The maximum Gasteiger partial charge on any atom is 0.128 e. The molecule has 3 heteroatoms. The molecule has 108 valence electrons. The largest absolute Gasteiger partial charge is 0.381 e. The standard InChI is InChI=1S/C17H25N3/c1-20(2)17-7-6-12(10-18-17)19-16-9-11-8-15(16)14-5-3-4-13(11)14/h6-7,10-11,13-16,19H,3-5,8-9H2,1-2H3. The average Bonchev–Trinajstić information content (AvgIpc) is 3.11. The summed E-state index contributed by atoms with van der Waals surface area (Å²) >= 11 is 0. The van der Waals surface area contributed by atoms with Gasteiger partial charge in [-0.1, -0.05) is 6.42 Å². The molecule has 0 aromatic carbocycles. The lowest BCUT2D eigenvalue weighted by molar-refractivity contribution is 0.243. The summed E-state index contributed by atoms with van der Waals surface area (Å²) in [7, 11) is 4.07. The fourth-order valence-electron chi connectivity index (χ4n) is 5.18. The normalized spacial score (nSPS) is 38.0. The van der Waals surface area contributed by atoms with E-state index in [1.807, 2.05) is 25.2 Å². The smallest absolute Gasteiger partial charge is 0.128 e. The molecule has 4 rings (SSSR count). The van der Waals surface area contributed by atoms with Crippen molar-refractivity contribution < 1.29 is 0 Å². The number of hydrogen-bond donors (Lipinski definition) is 1. The second-order valence-corrected chi connectivity index (χ2v) is 7.20. The number of nitrogens with one attached hydrogen (secondary N) is 1. The van der Waals surface area contributed by atoms with Crippen LogP contribution in [-0.2, 0) is 0 Å². The lowest BCUT2D eigenvalue weighted by atomic mass is 9.79. The highest BCUT2D eigenvalue weighted by Gasteiger charge is 2.53. The van der Waals surface area contributed by atoms with Gasteiger partial charge in [0, 0.05) is 20.1 Å². The van der Waals surface area contributed by atoms with Gasteiger partial charge >= 0.3 is 0 Å². The molecule has 0 radical (unpaired) electrons. The first-order chi connectivity index (χ1) is 9.72. The summed E-state index contributed by atoms with van der Waals surface area (Å²) in [5.74, 6) is 5.08. The van der Waals surface area contributed by atoms with E-state index in [1.165, 1.54) is 37.8 Å². The van der Waals surface area contributed by atoms with Crippen LogP contribution in [0.25, 0.3) is 0 Å². The van der Waals surface area contributed by atoms with E-state index < -0.39 is 0 Å². The third kappa shape index (κ3) is 1.90. The zero-order valence-electron chi connectivity index (χ0n) is 12.5. The Bertz CT molecular complexity index is 482. The molecule has 3 aliphatic rings. The maximum absolute atomic E-state index is 4.51. The predicted molar refractivity (Wildman–Crippen MR) is 83.0 cm³/mol. The molecule has 2 bridgehead atoms. The molecule has 0 aliphatic heterocycles. The number of hydrogen-bond acceptors (Lipinski definition) is 3. The van der Waals surface area contributed by atoms with Crippen molar-refractivity contribution in [2.24, 2.45) is 23.7 Å². The highest BCUT2D eigenvalue weighted by Crippen LogP contribution is 2.59. The molecular weight excluding hydrogens is 246 g/mol. The van der Waals surface area contributed by atoms with Crippen LogP contribution in [0.5, 0.6) is 0 Å². The fourth-order valence-corrected chi connectivity index (χ4v) is 5.18. The van der Waals surface area contributed by atoms with E-state index in [-0.39, 0.29) is 0 Å². The van der Waals surface area contributed by atoms with Gasteiger partial charge in [-0.25, -0.2) is 4.98 Å². The Labute approximate surface area is 121 Å². The predicted octanol–water partition coefficient (Wildman–Crippen LogP) is 3.38. The van der Waals surface area contributed by atoms with E-state index in [1.54, 1.807) is 0 Å². The van der Waals surface area contributed by atoms with Crippen molar-refractivity contribution in [3.63, 3.8) is 0 Å². The van der Waals surface area contributed by atoms with E-state index in [2.05, 4.69) is 22.4 Å². The number of pyridine rings is 1. The van der Waals surface area contributed by atoms with Gasteiger partial charge in [0.05, 0.1) is 11.9 Å². The van der Waals surface area contributed by atoms with Crippen molar-refractivity contribution in [1.29, 1.82) is 0 Å². The molecule has 20 heavy (non-hydrogen) atoms. The van der Waals surface area contributed by atoms with Crippen molar-refractivity contribution in [1.82, 2.24) is 4.98 Å². The van der Waals surface area contributed by atoms with Crippen LogP contribution in [0.2, 0.25) is 0 Å². The Hall–Kier alpha value is -1.25. The molecular formula is C17H25N3. The molecule has 0 saturated heterocycles. The van der Waals surface area contributed by atoms with Crippen LogP contribution >= 0.6 is 0 Å². The van der Waals surface area contributed by atoms with Crippen molar-refractivity contribution in [2.75, 3.05) is 24.3 Å². The monoisotopic (exact) mass is 271 g/mol. The van der Waals surface area contributed by atoms with E-state index in [4.69, 9.17) is 0 Å². The third-order valence-electron chi connectivity index (χ3n) is 5.99. The zero-order valence-corrected chi connectivity index (χ0v) is 12.5. The SMILES string of the molecule is CN(C)c1ccc(NC2CC3CC2C2CCCC32)cn1. The Morgan fingerprint density at radius 2 is 1.95 bits per heavy atom. The molecule has 5 atom stereocenters. The molecule has 3 aliphatic carbocycles. The van der Waals surface area contributed by atoms with E-state index in [9.17, 15) is 0 Å². The van der Waals surface area contributed by atoms with Gasteiger partial charge in [0.25, 0.3) is 0 Å². The zero-order chi connectivity index (χ0) is 13.7. The first-order valence-electron chi connectivity index (χ1n) is 8.12. The maximum atomic E-state index is 4.51. The van der Waals surface area contributed by atoms with E-state index in [0.29, 0.717) is 6.04 Å². The van der Waals surface area contributed by atoms with Gasteiger partial charge in [-0.05, 0) is 61.5 Å². The van der Waals surface area contributed by atoms with E-state index >= 15 is 0 Å². The lowest BCUT2D eigenvalue weighted by Gasteiger charge is -2.32. The van der Waals surface area contributed by atoms with Gasteiger partial charge in [0.15, 0.2) is 0 Å². The summed E-state index contributed by atoms with van der Waals surface area (Å²) in [6, 6.07) is 4.99. The lowest BCUT2D eigenvalue weighted by Crippen LogP contribution is -2.33. The first kappa shape index (κ1) is 12.5. The van der Waals surface area contributed by atoms with Crippen LogP contribution in [-0.4, -0.2) is 25.1 Å². The van der Waals surface area contributed by atoms with Crippen molar-refractivity contribution in [3.05, 3.63) is 18.3 Å². The van der Waals surface area contributed by atoms with Crippen LogP contribution in [0.15, 0.2) is 18.3 Å². The van der Waals surface area contributed by atoms with Crippen LogP contribution in [0.1, 0.15) is 32.1 Å². The minimum absolute atomic E-state index is 0.700. The molecule has 0 amide bonds. The van der Waals surface area contributed by atoms with Gasteiger partial charge in [0.1, 0.15) is 5.82 Å². The summed E-state index contributed by atoms with van der Waals surface area (Å²) in [5, 5.41) is 3.77. The third-order valence-corrected chi connectivity index (χ3v) is 5.99. The van der Waals surface area contributed by atoms with Gasteiger partial charge in [-0.2, -0.15) is 0 Å². The van der Waals surface area contributed by atoms with Gasteiger partial charge < -0.3 is 10.2 Å². The molecule has 1 N–H and O–H groups in total. The average molecular weight is 271 g/mol. The number of aromatic nitrogens is 1. The Kier molecular flexibility index (Phi) is 2.90. The summed E-state index contributed by atoms with van der Waals surface area (Å²) in [6.45, 7) is 0. The first-order valence-corrected chi connectivity index (χ1v) is 8.12. The summed E-state index contributed by atoms with van der Waals surface area (Å²) in [5.41, 5.74) is 1.20. The van der Waals surface area contributed by atoms with Gasteiger partial charge in [0.2, 0.25) is 0 Å². The van der Waals surface area contributed by atoms with Gasteiger partial charge in [-0.15, -0.1) is 0 Å². The number of anilines is 2. The number of rotatable bonds is 3. The number of fused-ring (bicyclic) bond motifs is 5. The van der Waals surface area contributed by atoms with Crippen LogP contribution in [0.4, 0.5) is 11.5 Å². The molecule has 3 fully saturated rings. The Balaban J connectivity index is 1.45. The summed E-state index contributed by atoms with van der Waals surface area (Å²) in [6.07, 6.45) is 9.35. The quantitative estimate of drug-likeness (QED) is 0.913. The molecule has 1 aromatic heterocycles. The second kappa shape index (κ2) is 4.64. The summed E-state index contributed by atoms with van der Waals surface area (Å²) < 4.78 is 0. The van der Waals surface area contributed by atoms with Crippen molar-refractivity contribution in [3.8, 4) is 0 Å². The van der Waals surface area contributed by atoms with Crippen molar-refractivity contribution >= 4 is 11.5 Å². The topological polar surface area (TPSA) is 28.2 Å². The Morgan fingerprint density at radius 1 is 1.10 bits per heavy atom. The van der Waals surface area contributed by atoms with Crippen molar-refractivity contribution in [2.45, 2.75) is 38.1 Å². The summed E-state index contributed by atoms with van der Waals surface area (Å²) in [4.78, 5) is 6.56.